The third kappa shape index (κ3) is 2.33. The number of aromatic hydroxyl groups is 1. The molecule has 1 atom stereocenters. The van der Waals surface area contributed by atoms with Gasteiger partial charge in [0.25, 0.3) is 0 Å². The number of rotatable bonds is 3. The number of benzene rings is 1. The van der Waals surface area contributed by atoms with E-state index in [9.17, 15) is 5.11 Å². The van der Waals surface area contributed by atoms with Gasteiger partial charge in [-0.25, -0.2) is 0 Å². The smallest absolute Gasteiger partial charge is 0.164 e. The molecular formula is C11H15NO3. The summed E-state index contributed by atoms with van der Waals surface area (Å²) >= 11 is 0. The quantitative estimate of drug-likeness (QED) is 0.783. The molecule has 1 unspecified atom stereocenters. The highest BCUT2D eigenvalue weighted by Gasteiger charge is 2.17. The van der Waals surface area contributed by atoms with Crippen molar-refractivity contribution in [3.05, 3.63) is 18.2 Å². The monoisotopic (exact) mass is 209 g/mol. The molecule has 1 aromatic carbocycles. The molecule has 0 bridgehead atoms. The number of phenols is 1. The molecule has 4 nitrogen and oxygen atoms in total. The van der Waals surface area contributed by atoms with Crippen LogP contribution in [0.4, 0.5) is 0 Å². The normalized spacial score (nSPS) is 20.2. The predicted octanol–water partition coefficient (Wildman–Crippen LogP) is 1.14. The minimum Gasteiger partial charge on any atom is -0.508 e. The Bertz CT molecular complexity index is 335. The zero-order chi connectivity index (χ0) is 10.7. The molecule has 1 saturated heterocycles. The van der Waals surface area contributed by atoms with Crippen molar-refractivity contribution < 1.29 is 14.6 Å². The Labute approximate surface area is 88.8 Å². The van der Waals surface area contributed by atoms with Crippen LogP contribution in [-0.4, -0.2) is 31.4 Å². The number of methoxy groups -OCH3 is 1. The van der Waals surface area contributed by atoms with Crippen molar-refractivity contribution in [2.75, 3.05) is 20.2 Å². The second-order valence-electron chi connectivity index (χ2n) is 3.57. The summed E-state index contributed by atoms with van der Waals surface area (Å²) in [6, 6.07) is 4.88. The van der Waals surface area contributed by atoms with Crippen LogP contribution in [0.5, 0.6) is 17.2 Å². The van der Waals surface area contributed by atoms with Crippen molar-refractivity contribution in [2.24, 2.45) is 0 Å². The van der Waals surface area contributed by atoms with E-state index in [2.05, 4.69) is 5.32 Å². The van der Waals surface area contributed by atoms with Crippen molar-refractivity contribution in [1.29, 1.82) is 0 Å². The van der Waals surface area contributed by atoms with Crippen LogP contribution in [0.2, 0.25) is 0 Å². The number of hydrogen-bond acceptors (Lipinski definition) is 4. The molecule has 2 rings (SSSR count). The lowest BCUT2D eigenvalue weighted by Gasteiger charge is -2.15. The van der Waals surface area contributed by atoms with E-state index in [-0.39, 0.29) is 11.9 Å². The van der Waals surface area contributed by atoms with E-state index in [1.165, 1.54) is 0 Å². The summed E-state index contributed by atoms with van der Waals surface area (Å²) in [4.78, 5) is 0. The number of nitrogens with one attached hydrogen (secondary N) is 1. The number of hydrogen-bond donors (Lipinski definition) is 2. The SMILES string of the molecule is COc1cc(O)ccc1OC1CCNC1. The van der Waals surface area contributed by atoms with Crippen molar-refractivity contribution in [3.63, 3.8) is 0 Å². The second kappa shape index (κ2) is 4.40. The van der Waals surface area contributed by atoms with E-state index >= 15 is 0 Å². The highest BCUT2D eigenvalue weighted by Crippen LogP contribution is 2.31. The van der Waals surface area contributed by atoms with E-state index < -0.39 is 0 Å². The van der Waals surface area contributed by atoms with Crippen LogP contribution in [0.15, 0.2) is 18.2 Å². The Morgan fingerprint density at radius 2 is 2.27 bits per heavy atom. The maximum atomic E-state index is 9.28. The van der Waals surface area contributed by atoms with Crippen molar-refractivity contribution in [1.82, 2.24) is 5.32 Å². The highest BCUT2D eigenvalue weighted by atomic mass is 16.5. The lowest BCUT2D eigenvalue weighted by molar-refractivity contribution is 0.212. The fraction of sp³-hybridized carbons (Fsp3) is 0.455. The molecule has 0 amide bonds. The van der Waals surface area contributed by atoms with Crippen molar-refractivity contribution in [3.8, 4) is 17.2 Å². The predicted molar refractivity (Wildman–Crippen MR) is 56.6 cm³/mol. The van der Waals surface area contributed by atoms with Crippen LogP contribution >= 0.6 is 0 Å². The molecule has 0 saturated carbocycles. The maximum Gasteiger partial charge on any atom is 0.164 e. The van der Waals surface area contributed by atoms with Gasteiger partial charge in [-0.2, -0.15) is 0 Å². The molecule has 1 heterocycles. The van der Waals surface area contributed by atoms with E-state index in [0.29, 0.717) is 11.5 Å². The average molecular weight is 209 g/mol. The number of phenolic OH excluding ortho intramolecular Hbond substituents is 1. The summed E-state index contributed by atoms with van der Waals surface area (Å²) in [6.07, 6.45) is 1.20. The molecule has 15 heavy (non-hydrogen) atoms. The Morgan fingerprint density at radius 3 is 2.93 bits per heavy atom. The van der Waals surface area contributed by atoms with Gasteiger partial charge in [-0.05, 0) is 25.1 Å². The fourth-order valence-electron chi connectivity index (χ4n) is 1.66. The van der Waals surface area contributed by atoms with E-state index in [4.69, 9.17) is 9.47 Å². The second-order valence-corrected chi connectivity index (χ2v) is 3.57. The van der Waals surface area contributed by atoms with Gasteiger partial charge in [-0.15, -0.1) is 0 Å². The average Bonchev–Trinajstić information content (AvgIpc) is 2.73. The molecule has 0 spiro atoms. The van der Waals surface area contributed by atoms with Crippen LogP contribution in [0.25, 0.3) is 0 Å². The topological polar surface area (TPSA) is 50.7 Å². The summed E-state index contributed by atoms with van der Waals surface area (Å²) < 4.78 is 10.9. The Balaban J connectivity index is 2.12. The first-order valence-corrected chi connectivity index (χ1v) is 5.04. The third-order valence-corrected chi connectivity index (χ3v) is 2.46. The molecule has 0 aliphatic carbocycles. The maximum absolute atomic E-state index is 9.28. The first kappa shape index (κ1) is 10.1. The first-order chi connectivity index (χ1) is 7.29. The molecule has 0 radical (unpaired) electrons. The molecule has 1 aliphatic rings. The lowest BCUT2D eigenvalue weighted by Crippen LogP contribution is -2.19. The first-order valence-electron chi connectivity index (χ1n) is 5.04. The Hall–Kier alpha value is -1.42. The van der Waals surface area contributed by atoms with Gasteiger partial charge >= 0.3 is 0 Å². The Kier molecular flexibility index (Phi) is 2.97. The van der Waals surface area contributed by atoms with Crippen LogP contribution in [-0.2, 0) is 0 Å². The third-order valence-electron chi connectivity index (χ3n) is 2.46. The summed E-state index contributed by atoms with van der Waals surface area (Å²) in [7, 11) is 1.56. The van der Waals surface area contributed by atoms with Gasteiger partial charge in [0, 0.05) is 12.6 Å². The molecule has 1 fully saturated rings. The van der Waals surface area contributed by atoms with Crippen LogP contribution in [0, 0.1) is 0 Å². The molecule has 2 N–H and O–H groups in total. The van der Waals surface area contributed by atoms with E-state index in [0.717, 1.165) is 19.5 Å². The minimum absolute atomic E-state index is 0.184. The van der Waals surface area contributed by atoms with Crippen LogP contribution in [0.3, 0.4) is 0 Å². The van der Waals surface area contributed by atoms with Crippen molar-refractivity contribution >= 4 is 0 Å². The summed E-state index contributed by atoms with van der Waals surface area (Å²) in [5.41, 5.74) is 0. The van der Waals surface area contributed by atoms with Crippen LogP contribution in [0.1, 0.15) is 6.42 Å². The summed E-state index contributed by atoms with van der Waals surface area (Å²) in [5.74, 6) is 1.44. The summed E-state index contributed by atoms with van der Waals surface area (Å²) in [6.45, 7) is 1.86. The van der Waals surface area contributed by atoms with E-state index in [1.807, 2.05) is 0 Å². The molecule has 1 aliphatic heterocycles. The number of ether oxygens (including phenoxy) is 2. The standard InChI is InChI=1S/C11H15NO3/c1-14-11-6-8(13)2-3-10(11)15-9-4-5-12-7-9/h2-3,6,9,12-13H,4-5,7H2,1H3. The van der Waals surface area contributed by atoms with Gasteiger partial charge < -0.3 is 19.9 Å². The molecule has 4 heteroatoms. The van der Waals surface area contributed by atoms with Gasteiger partial charge in [-0.3, -0.25) is 0 Å². The molecular weight excluding hydrogens is 194 g/mol. The largest absolute Gasteiger partial charge is 0.508 e. The zero-order valence-electron chi connectivity index (χ0n) is 8.69. The molecule has 1 aromatic rings. The molecule has 0 aromatic heterocycles. The van der Waals surface area contributed by atoms with Crippen molar-refractivity contribution in [2.45, 2.75) is 12.5 Å². The van der Waals surface area contributed by atoms with Gasteiger partial charge in [-0.1, -0.05) is 0 Å². The van der Waals surface area contributed by atoms with Gasteiger partial charge in [0.2, 0.25) is 0 Å². The fourth-order valence-corrected chi connectivity index (χ4v) is 1.66. The van der Waals surface area contributed by atoms with Gasteiger partial charge in [0.05, 0.1) is 7.11 Å². The minimum atomic E-state index is 0.184. The van der Waals surface area contributed by atoms with E-state index in [1.54, 1.807) is 25.3 Å². The Morgan fingerprint density at radius 1 is 1.40 bits per heavy atom. The van der Waals surface area contributed by atoms with Gasteiger partial charge in [0.15, 0.2) is 11.5 Å². The summed E-state index contributed by atoms with van der Waals surface area (Å²) in [5, 5.41) is 12.5. The lowest BCUT2D eigenvalue weighted by atomic mass is 10.2. The van der Waals surface area contributed by atoms with Crippen LogP contribution < -0.4 is 14.8 Å². The molecule has 82 valence electrons. The van der Waals surface area contributed by atoms with Gasteiger partial charge in [0.1, 0.15) is 11.9 Å². The zero-order valence-corrected chi connectivity index (χ0v) is 8.69. The highest BCUT2D eigenvalue weighted by molar-refractivity contribution is 5.45.